The molecule has 6 heteroatoms. The van der Waals surface area contributed by atoms with Crippen LogP contribution in [0.2, 0.25) is 0 Å². The Bertz CT molecular complexity index is 661. The Morgan fingerprint density at radius 2 is 1.90 bits per heavy atom. The van der Waals surface area contributed by atoms with E-state index in [2.05, 4.69) is 11.6 Å². The summed E-state index contributed by atoms with van der Waals surface area (Å²) in [5.74, 6) is 0. The molecule has 0 unspecified atom stereocenters. The highest BCUT2D eigenvalue weighted by atomic mass is 32.2. The normalized spacial score (nSPS) is 11.7. The molecule has 0 aliphatic carbocycles. The maximum Gasteiger partial charge on any atom is 0.240 e. The lowest BCUT2D eigenvalue weighted by atomic mass is 10.2. The zero-order valence-corrected chi connectivity index (χ0v) is 12.9. The molecule has 2 aromatic rings. The van der Waals surface area contributed by atoms with Gasteiger partial charge in [-0.3, -0.25) is 0 Å². The Morgan fingerprint density at radius 3 is 2.50 bits per heavy atom. The molecule has 0 bridgehead atoms. The van der Waals surface area contributed by atoms with Crippen molar-refractivity contribution in [1.29, 1.82) is 0 Å². The second-order valence-corrected chi connectivity index (χ2v) is 7.16. The predicted octanol–water partition coefficient (Wildman–Crippen LogP) is 2.25. The first-order chi connectivity index (χ1) is 9.56. The van der Waals surface area contributed by atoms with E-state index in [0.717, 1.165) is 16.9 Å². The fourth-order valence-corrected chi connectivity index (χ4v) is 3.89. The molecule has 0 radical (unpaired) electrons. The number of sulfonamides is 1. The molecule has 0 fully saturated rings. The third kappa shape index (κ3) is 3.46. The summed E-state index contributed by atoms with van der Waals surface area (Å²) in [4.78, 5) is 1.33. The SMILES string of the molecule is CCc1ccsc1CNS(=O)(=O)c1ccc(CN)cc1. The highest BCUT2D eigenvalue weighted by Crippen LogP contribution is 2.18. The van der Waals surface area contributed by atoms with Crippen molar-refractivity contribution in [3.05, 3.63) is 51.7 Å². The number of benzene rings is 1. The first-order valence-corrected chi connectivity index (χ1v) is 8.77. The molecule has 0 saturated carbocycles. The molecule has 0 atom stereocenters. The van der Waals surface area contributed by atoms with E-state index >= 15 is 0 Å². The Labute approximate surface area is 123 Å². The highest BCUT2D eigenvalue weighted by molar-refractivity contribution is 7.89. The smallest absolute Gasteiger partial charge is 0.240 e. The number of nitrogens with two attached hydrogens (primary N) is 1. The third-order valence-corrected chi connectivity index (χ3v) is 5.49. The Hall–Kier alpha value is -1.21. The van der Waals surface area contributed by atoms with E-state index in [1.165, 1.54) is 5.56 Å². The van der Waals surface area contributed by atoms with Gasteiger partial charge in [0, 0.05) is 18.0 Å². The lowest BCUT2D eigenvalue weighted by Gasteiger charge is -2.07. The van der Waals surface area contributed by atoms with Gasteiger partial charge in [0.2, 0.25) is 10.0 Å². The first kappa shape index (κ1) is 15.2. The van der Waals surface area contributed by atoms with Gasteiger partial charge in [0.25, 0.3) is 0 Å². The number of hydrogen-bond acceptors (Lipinski definition) is 4. The van der Waals surface area contributed by atoms with Crippen LogP contribution in [0.15, 0.2) is 40.6 Å². The lowest BCUT2D eigenvalue weighted by molar-refractivity contribution is 0.581. The zero-order chi connectivity index (χ0) is 14.6. The van der Waals surface area contributed by atoms with Gasteiger partial charge in [0.05, 0.1) is 4.90 Å². The van der Waals surface area contributed by atoms with Crippen molar-refractivity contribution in [3.8, 4) is 0 Å². The minimum Gasteiger partial charge on any atom is -0.326 e. The van der Waals surface area contributed by atoms with E-state index in [0.29, 0.717) is 13.1 Å². The van der Waals surface area contributed by atoms with Gasteiger partial charge in [-0.05, 0) is 41.1 Å². The molecule has 0 aliphatic rings. The number of thiophene rings is 1. The summed E-state index contributed by atoms with van der Waals surface area (Å²) in [5, 5.41) is 1.98. The lowest BCUT2D eigenvalue weighted by Crippen LogP contribution is -2.23. The van der Waals surface area contributed by atoms with Crippen molar-refractivity contribution >= 4 is 21.4 Å². The van der Waals surface area contributed by atoms with Crippen LogP contribution in [0, 0.1) is 0 Å². The van der Waals surface area contributed by atoms with Crippen molar-refractivity contribution in [3.63, 3.8) is 0 Å². The molecule has 108 valence electrons. The van der Waals surface area contributed by atoms with Gasteiger partial charge in [-0.15, -0.1) is 11.3 Å². The van der Waals surface area contributed by atoms with E-state index < -0.39 is 10.0 Å². The second-order valence-electron chi connectivity index (χ2n) is 4.40. The van der Waals surface area contributed by atoms with E-state index in [-0.39, 0.29) is 4.90 Å². The van der Waals surface area contributed by atoms with Gasteiger partial charge in [0.15, 0.2) is 0 Å². The van der Waals surface area contributed by atoms with Crippen LogP contribution < -0.4 is 10.5 Å². The second kappa shape index (κ2) is 6.49. The fraction of sp³-hybridized carbons (Fsp3) is 0.286. The van der Waals surface area contributed by atoms with Crippen molar-refractivity contribution in [1.82, 2.24) is 4.72 Å². The van der Waals surface area contributed by atoms with Gasteiger partial charge in [-0.2, -0.15) is 0 Å². The van der Waals surface area contributed by atoms with Gasteiger partial charge in [-0.25, -0.2) is 13.1 Å². The molecule has 1 aromatic heterocycles. The largest absolute Gasteiger partial charge is 0.326 e. The van der Waals surface area contributed by atoms with E-state index in [9.17, 15) is 8.42 Å². The van der Waals surface area contributed by atoms with Crippen molar-refractivity contribution in [2.45, 2.75) is 31.3 Å². The van der Waals surface area contributed by atoms with E-state index in [1.807, 2.05) is 11.4 Å². The van der Waals surface area contributed by atoms with Crippen LogP contribution in [0.5, 0.6) is 0 Å². The van der Waals surface area contributed by atoms with Crippen LogP contribution in [0.4, 0.5) is 0 Å². The standard InChI is InChI=1S/C14H18N2O2S2/c1-2-12-7-8-19-14(12)10-16-20(17,18)13-5-3-11(9-15)4-6-13/h3-8,16H,2,9-10,15H2,1H3. The van der Waals surface area contributed by atoms with E-state index in [1.54, 1.807) is 35.6 Å². The van der Waals surface area contributed by atoms with Crippen LogP contribution in [-0.2, 0) is 29.5 Å². The molecule has 4 nitrogen and oxygen atoms in total. The van der Waals surface area contributed by atoms with Crippen LogP contribution >= 0.6 is 11.3 Å². The number of hydrogen-bond donors (Lipinski definition) is 2. The summed E-state index contributed by atoms with van der Waals surface area (Å²) in [5.41, 5.74) is 7.60. The predicted molar refractivity (Wildman–Crippen MR) is 82.1 cm³/mol. The van der Waals surface area contributed by atoms with Crippen molar-refractivity contribution in [2.24, 2.45) is 5.73 Å². The number of nitrogens with one attached hydrogen (secondary N) is 1. The minimum atomic E-state index is -3.47. The third-order valence-electron chi connectivity index (χ3n) is 3.11. The quantitative estimate of drug-likeness (QED) is 0.859. The summed E-state index contributed by atoms with van der Waals surface area (Å²) in [6.45, 7) is 2.80. The Balaban J connectivity index is 2.10. The molecular weight excluding hydrogens is 292 g/mol. The van der Waals surface area contributed by atoms with Crippen molar-refractivity contribution in [2.75, 3.05) is 0 Å². The zero-order valence-electron chi connectivity index (χ0n) is 11.3. The molecule has 0 aliphatic heterocycles. The van der Waals surface area contributed by atoms with Crippen LogP contribution in [-0.4, -0.2) is 8.42 Å². The molecule has 0 saturated heterocycles. The Morgan fingerprint density at radius 1 is 1.20 bits per heavy atom. The van der Waals surface area contributed by atoms with Gasteiger partial charge >= 0.3 is 0 Å². The van der Waals surface area contributed by atoms with Crippen LogP contribution in [0.1, 0.15) is 22.9 Å². The minimum absolute atomic E-state index is 0.268. The summed E-state index contributed by atoms with van der Waals surface area (Å²) in [7, 11) is -3.47. The van der Waals surface area contributed by atoms with Gasteiger partial charge in [0.1, 0.15) is 0 Å². The average Bonchev–Trinajstić information content (AvgIpc) is 2.93. The highest BCUT2D eigenvalue weighted by Gasteiger charge is 2.14. The average molecular weight is 310 g/mol. The number of aryl methyl sites for hydroxylation is 1. The van der Waals surface area contributed by atoms with Crippen LogP contribution in [0.25, 0.3) is 0 Å². The first-order valence-electron chi connectivity index (χ1n) is 6.40. The van der Waals surface area contributed by atoms with Gasteiger partial charge in [-0.1, -0.05) is 19.1 Å². The summed E-state index contributed by atoms with van der Waals surface area (Å²) in [6.07, 6.45) is 0.908. The topological polar surface area (TPSA) is 72.2 Å². The molecule has 0 amide bonds. The molecule has 1 heterocycles. The summed E-state index contributed by atoms with van der Waals surface area (Å²) >= 11 is 1.57. The monoisotopic (exact) mass is 310 g/mol. The molecule has 3 N–H and O–H groups in total. The summed E-state index contributed by atoms with van der Waals surface area (Å²) in [6, 6.07) is 8.66. The maximum absolute atomic E-state index is 12.2. The fourth-order valence-electron chi connectivity index (χ4n) is 1.89. The maximum atomic E-state index is 12.2. The van der Waals surface area contributed by atoms with E-state index in [4.69, 9.17) is 5.73 Å². The van der Waals surface area contributed by atoms with Crippen molar-refractivity contribution < 1.29 is 8.42 Å². The molecule has 1 aromatic carbocycles. The molecule has 20 heavy (non-hydrogen) atoms. The Kier molecular flexibility index (Phi) is 4.93. The summed E-state index contributed by atoms with van der Waals surface area (Å²) < 4.78 is 27.0. The molecule has 0 spiro atoms. The number of rotatable bonds is 6. The molecular formula is C14H18N2O2S2. The molecule has 2 rings (SSSR count). The van der Waals surface area contributed by atoms with Crippen LogP contribution in [0.3, 0.4) is 0 Å². The van der Waals surface area contributed by atoms with Gasteiger partial charge < -0.3 is 5.73 Å².